The number of nitrogens with two attached hydrogens (primary N) is 1. The van der Waals surface area contributed by atoms with Crippen LogP contribution in [0.1, 0.15) is 24.9 Å². The van der Waals surface area contributed by atoms with Crippen LogP contribution < -0.4 is 16.0 Å². The van der Waals surface area contributed by atoms with E-state index >= 15 is 0 Å². The SMILES string of the molecule is CC1CC(=O)Nc2ccccc2N1C(=O)CN(C)C(C(N)=O)c1ccccc1. The molecule has 28 heavy (non-hydrogen) atoms. The molecule has 0 bridgehead atoms. The number of rotatable bonds is 5. The molecule has 0 saturated carbocycles. The fourth-order valence-corrected chi connectivity index (χ4v) is 3.62. The maximum absolute atomic E-state index is 13.2. The van der Waals surface area contributed by atoms with Gasteiger partial charge < -0.3 is 16.0 Å². The van der Waals surface area contributed by atoms with Crippen molar-refractivity contribution in [1.29, 1.82) is 0 Å². The fraction of sp³-hybridized carbons (Fsp3) is 0.286. The number of hydrogen-bond acceptors (Lipinski definition) is 4. The van der Waals surface area contributed by atoms with Gasteiger partial charge in [-0.2, -0.15) is 0 Å². The normalized spacial score (nSPS) is 17.5. The minimum Gasteiger partial charge on any atom is -0.368 e. The van der Waals surface area contributed by atoms with Crippen LogP contribution in [-0.2, 0) is 14.4 Å². The molecule has 1 aliphatic heterocycles. The van der Waals surface area contributed by atoms with Crippen LogP contribution in [0.5, 0.6) is 0 Å². The largest absolute Gasteiger partial charge is 0.368 e. The van der Waals surface area contributed by atoms with Gasteiger partial charge >= 0.3 is 0 Å². The lowest BCUT2D eigenvalue weighted by atomic mass is 10.0. The predicted octanol–water partition coefficient (Wildman–Crippen LogP) is 1.91. The van der Waals surface area contributed by atoms with E-state index in [-0.39, 0.29) is 30.8 Å². The maximum Gasteiger partial charge on any atom is 0.241 e. The van der Waals surface area contributed by atoms with Crippen molar-refractivity contribution in [2.45, 2.75) is 25.4 Å². The molecular weight excluding hydrogens is 356 g/mol. The van der Waals surface area contributed by atoms with Crippen molar-refractivity contribution in [3.63, 3.8) is 0 Å². The van der Waals surface area contributed by atoms with Crippen molar-refractivity contribution in [2.24, 2.45) is 5.73 Å². The molecule has 0 aliphatic carbocycles. The number of amides is 3. The number of nitrogens with zero attached hydrogens (tertiary/aromatic N) is 2. The molecule has 1 heterocycles. The molecule has 1 aliphatic rings. The predicted molar refractivity (Wildman–Crippen MR) is 108 cm³/mol. The van der Waals surface area contributed by atoms with Crippen LogP contribution in [0, 0.1) is 0 Å². The van der Waals surface area contributed by atoms with Gasteiger partial charge in [-0.15, -0.1) is 0 Å². The smallest absolute Gasteiger partial charge is 0.241 e. The average Bonchev–Trinajstić information content (AvgIpc) is 2.76. The van der Waals surface area contributed by atoms with Crippen LogP contribution in [0.2, 0.25) is 0 Å². The van der Waals surface area contributed by atoms with Crippen LogP contribution in [0.3, 0.4) is 0 Å². The first-order valence-corrected chi connectivity index (χ1v) is 9.14. The summed E-state index contributed by atoms with van der Waals surface area (Å²) < 4.78 is 0. The lowest BCUT2D eigenvalue weighted by Gasteiger charge is -2.31. The van der Waals surface area contributed by atoms with Gasteiger partial charge in [0.15, 0.2) is 0 Å². The Morgan fingerprint density at radius 2 is 1.82 bits per heavy atom. The second-order valence-corrected chi connectivity index (χ2v) is 7.01. The standard InChI is InChI=1S/C21H24N4O3/c1-14-12-18(26)23-16-10-6-7-11-17(16)25(14)19(27)13-24(2)20(21(22)28)15-8-4-3-5-9-15/h3-11,14,20H,12-13H2,1-2H3,(H2,22,28)(H,23,26). The van der Waals surface area contributed by atoms with Gasteiger partial charge in [0.05, 0.1) is 17.9 Å². The average molecular weight is 380 g/mol. The zero-order valence-corrected chi connectivity index (χ0v) is 16.0. The molecule has 2 unspecified atom stereocenters. The molecule has 0 spiro atoms. The Labute approximate surface area is 164 Å². The number of hydrogen-bond donors (Lipinski definition) is 2. The summed E-state index contributed by atoms with van der Waals surface area (Å²) in [4.78, 5) is 40.6. The van der Waals surface area contributed by atoms with Gasteiger partial charge in [0.25, 0.3) is 0 Å². The summed E-state index contributed by atoms with van der Waals surface area (Å²) in [5.41, 5.74) is 7.59. The Bertz CT molecular complexity index is 884. The zero-order chi connectivity index (χ0) is 20.3. The first-order chi connectivity index (χ1) is 13.4. The first kappa shape index (κ1) is 19.6. The number of carbonyl (C=O) groups is 3. The highest BCUT2D eigenvalue weighted by Gasteiger charge is 2.32. The topological polar surface area (TPSA) is 95.7 Å². The van der Waals surface area contributed by atoms with E-state index in [2.05, 4.69) is 5.32 Å². The molecule has 0 saturated heterocycles. The van der Waals surface area contributed by atoms with Crippen molar-refractivity contribution in [1.82, 2.24) is 4.90 Å². The van der Waals surface area contributed by atoms with Crippen LogP contribution in [0.25, 0.3) is 0 Å². The molecule has 2 aromatic carbocycles. The van der Waals surface area contributed by atoms with Crippen molar-refractivity contribution in [3.8, 4) is 0 Å². The Balaban J connectivity index is 1.87. The summed E-state index contributed by atoms with van der Waals surface area (Å²) >= 11 is 0. The molecule has 0 aromatic heterocycles. The first-order valence-electron chi connectivity index (χ1n) is 9.14. The van der Waals surface area contributed by atoms with E-state index in [9.17, 15) is 14.4 Å². The summed E-state index contributed by atoms with van der Waals surface area (Å²) in [6.07, 6.45) is 0.196. The van der Waals surface area contributed by atoms with E-state index in [1.54, 1.807) is 29.0 Å². The van der Waals surface area contributed by atoms with Gasteiger partial charge in [-0.25, -0.2) is 0 Å². The van der Waals surface area contributed by atoms with Gasteiger partial charge in [-0.3, -0.25) is 19.3 Å². The molecule has 3 rings (SSSR count). The monoisotopic (exact) mass is 380 g/mol. The van der Waals surface area contributed by atoms with Gasteiger partial charge in [0.2, 0.25) is 17.7 Å². The second kappa shape index (κ2) is 8.22. The molecule has 146 valence electrons. The number of nitrogens with one attached hydrogen (secondary N) is 1. The van der Waals surface area contributed by atoms with E-state index in [4.69, 9.17) is 5.73 Å². The third kappa shape index (κ3) is 4.04. The lowest BCUT2D eigenvalue weighted by Crippen LogP contribution is -2.46. The summed E-state index contributed by atoms with van der Waals surface area (Å²) in [5.74, 6) is -0.869. The van der Waals surface area contributed by atoms with Gasteiger partial charge in [0, 0.05) is 12.5 Å². The lowest BCUT2D eigenvalue weighted by molar-refractivity contribution is -0.125. The van der Waals surface area contributed by atoms with Gasteiger partial charge in [-0.1, -0.05) is 42.5 Å². The minimum absolute atomic E-state index is 0.0185. The highest BCUT2D eigenvalue weighted by Crippen LogP contribution is 2.31. The fourth-order valence-electron chi connectivity index (χ4n) is 3.62. The molecule has 2 aromatic rings. The molecule has 3 amide bonds. The van der Waals surface area contributed by atoms with Gasteiger partial charge in [0.1, 0.15) is 6.04 Å². The molecule has 7 nitrogen and oxygen atoms in total. The zero-order valence-electron chi connectivity index (χ0n) is 16.0. The van der Waals surface area contributed by atoms with E-state index in [0.717, 1.165) is 5.56 Å². The summed E-state index contributed by atoms with van der Waals surface area (Å²) in [7, 11) is 1.69. The third-order valence-electron chi connectivity index (χ3n) is 4.84. The minimum atomic E-state index is -0.720. The van der Waals surface area contributed by atoms with E-state index in [1.165, 1.54) is 0 Å². The summed E-state index contributed by atoms with van der Waals surface area (Å²) in [6, 6.07) is 15.3. The van der Waals surface area contributed by atoms with Crippen LogP contribution in [-0.4, -0.2) is 42.3 Å². The molecule has 3 N–H and O–H groups in total. The summed E-state index contributed by atoms with van der Waals surface area (Å²) in [5, 5.41) is 2.84. The summed E-state index contributed by atoms with van der Waals surface area (Å²) in [6.45, 7) is 1.82. The number of benzene rings is 2. The van der Waals surface area contributed by atoms with E-state index < -0.39 is 11.9 Å². The van der Waals surface area contributed by atoms with E-state index in [1.807, 2.05) is 49.4 Å². The number of fused-ring (bicyclic) bond motifs is 1. The van der Waals surface area contributed by atoms with Crippen molar-refractivity contribution < 1.29 is 14.4 Å². The van der Waals surface area contributed by atoms with Crippen molar-refractivity contribution in [2.75, 3.05) is 23.8 Å². The van der Waals surface area contributed by atoms with Crippen LogP contribution in [0.4, 0.5) is 11.4 Å². The highest BCUT2D eigenvalue weighted by atomic mass is 16.2. The maximum atomic E-state index is 13.2. The Kier molecular flexibility index (Phi) is 5.75. The van der Waals surface area contributed by atoms with Crippen molar-refractivity contribution in [3.05, 3.63) is 60.2 Å². The quantitative estimate of drug-likeness (QED) is 0.828. The van der Waals surface area contributed by atoms with Gasteiger partial charge in [-0.05, 0) is 31.7 Å². The molecule has 7 heteroatoms. The second-order valence-electron chi connectivity index (χ2n) is 7.01. The molecule has 0 radical (unpaired) electrons. The van der Waals surface area contributed by atoms with Crippen molar-refractivity contribution >= 4 is 29.1 Å². The number of carbonyl (C=O) groups excluding carboxylic acids is 3. The number of para-hydroxylation sites is 2. The number of anilines is 2. The number of likely N-dealkylation sites (N-methyl/N-ethyl adjacent to an activating group) is 1. The van der Waals surface area contributed by atoms with E-state index in [0.29, 0.717) is 11.4 Å². The Morgan fingerprint density at radius 1 is 1.18 bits per heavy atom. The molecule has 0 fully saturated rings. The molecule has 2 atom stereocenters. The number of primary amides is 1. The Hall–Kier alpha value is -3.19. The third-order valence-corrected chi connectivity index (χ3v) is 4.84. The van der Waals surface area contributed by atoms with Crippen LogP contribution >= 0.6 is 0 Å². The van der Waals surface area contributed by atoms with Crippen LogP contribution in [0.15, 0.2) is 54.6 Å². The molecular formula is C21H24N4O3. The highest BCUT2D eigenvalue weighted by molar-refractivity contribution is 6.05. The Morgan fingerprint density at radius 3 is 2.50 bits per heavy atom.